The molecule has 90 valence electrons. The highest BCUT2D eigenvalue weighted by atomic mass is 32.2. The summed E-state index contributed by atoms with van der Waals surface area (Å²) in [5.41, 5.74) is 5.61. The van der Waals surface area contributed by atoms with Crippen molar-refractivity contribution in [1.29, 1.82) is 0 Å². The van der Waals surface area contributed by atoms with Gasteiger partial charge in [0.05, 0.1) is 11.8 Å². The number of carbonyl (C=O) groups excluding carboxylic acids is 1. The highest BCUT2D eigenvalue weighted by Gasteiger charge is 2.14. The van der Waals surface area contributed by atoms with Gasteiger partial charge in [-0.25, -0.2) is 8.42 Å². The van der Waals surface area contributed by atoms with Crippen molar-refractivity contribution >= 4 is 15.7 Å². The van der Waals surface area contributed by atoms with Gasteiger partial charge in [-0.3, -0.25) is 4.79 Å². The van der Waals surface area contributed by atoms with Crippen LogP contribution in [-0.2, 0) is 14.6 Å². The van der Waals surface area contributed by atoms with Crippen molar-refractivity contribution in [1.82, 2.24) is 5.32 Å². The van der Waals surface area contributed by atoms with Gasteiger partial charge in [0.1, 0.15) is 9.84 Å². The van der Waals surface area contributed by atoms with Crippen LogP contribution in [0.3, 0.4) is 0 Å². The lowest BCUT2D eigenvalue weighted by Crippen LogP contribution is -2.42. The zero-order valence-electron chi connectivity index (χ0n) is 9.49. The Balaban J connectivity index is 3.84. The molecular weight excluding hydrogens is 216 g/mol. The molecule has 1 amide bonds. The summed E-state index contributed by atoms with van der Waals surface area (Å²) in [6.07, 6.45) is 1.73. The maximum atomic E-state index is 11.3. The van der Waals surface area contributed by atoms with Crippen LogP contribution < -0.4 is 11.1 Å². The number of hydrogen-bond donors (Lipinski definition) is 2. The van der Waals surface area contributed by atoms with Crippen molar-refractivity contribution < 1.29 is 13.2 Å². The topological polar surface area (TPSA) is 89.3 Å². The fraction of sp³-hybridized carbons (Fsp3) is 0.889. The molecule has 5 nitrogen and oxygen atoms in total. The van der Waals surface area contributed by atoms with E-state index < -0.39 is 15.9 Å². The Labute approximate surface area is 91.3 Å². The molecule has 0 aliphatic heterocycles. The molecule has 0 aliphatic carbocycles. The summed E-state index contributed by atoms with van der Waals surface area (Å²) in [6, 6.07) is -0.551. The number of nitrogens with one attached hydrogen (secondary N) is 1. The Morgan fingerprint density at radius 2 is 1.93 bits per heavy atom. The molecule has 3 N–H and O–H groups in total. The average molecular weight is 236 g/mol. The molecule has 0 saturated carbocycles. The Morgan fingerprint density at radius 3 is 2.33 bits per heavy atom. The molecule has 0 spiro atoms. The molecule has 0 aromatic heterocycles. The third-order valence-electron chi connectivity index (χ3n) is 1.83. The number of hydrogen-bond acceptors (Lipinski definition) is 4. The first kappa shape index (κ1) is 14.4. The van der Waals surface area contributed by atoms with E-state index in [1.165, 1.54) is 0 Å². The van der Waals surface area contributed by atoms with Crippen molar-refractivity contribution in [3.05, 3.63) is 0 Å². The van der Waals surface area contributed by atoms with Crippen molar-refractivity contribution in [2.45, 2.75) is 26.3 Å². The summed E-state index contributed by atoms with van der Waals surface area (Å²) >= 11 is 0. The van der Waals surface area contributed by atoms with Gasteiger partial charge in [-0.2, -0.15) is 0 Å². The van der Waals surface area contributed by atoms with Gasteiger partial charge in [0, 0.05) is 12.8 Å². The monoisotopic (exact) mass is 236 g/mol. The molecule has 0 bridgehead atoms. The van der Waals surface area contributed by atoms with E-state index in [-0.39, 0.29) is 18.2 Å². The van der Waals surface area contributed by atoms with Gasteiger partial charge in [-0.1, -0.05) is 13.8 Å². The quantitative estimate of drug-likeness (QED) is 0.652. The molecule has 0 aromatic carbocycles. The fourth-order valence-corrected chi connectivity index (χ4v) is 1.58. The largest absolute Gasteiger partial charge is 0.354 e. The van der Waals surface area contributed by atoms with E-state index in [0.29, 0.717) is 12.3 Å². The molecule has 0 unspecified atom stereocenters. The lowest BCUT2D eigenvalue weighted by molar-refractivity contribution is -0.122. The van der Waals surface area contributed by atoms with Crippen molar-refractivity contribution in [2.75, 3.05) is 18.6 Å². The van der Waals surface area contributed by atoms with Gasteiger partial charge >= 0.3 is 0 Å². The molecule has 0 saturated heterocycles. The van der Waals surface area contributed by atoms with Crippen LogP contribution >= 0.6 is 0 Å². The average Bonchev–Trinajstić information content (AvgIpc) is 2.00. The van der Waals surface area contributed by atoms with Gasteiger partial charge in [-0.05, 0) is 12.3 Å². The fourth-order valence-electron chi connectivity index (χ4n) is 1.11. The van der Waals surface area contributed by atoms with Crippen LogP contribution in [0.25, 0.3) is 0 Å². The van der Waals surface area contributed by atoms with Gasteiger partial charge < -0.3 is 11.1 Å². The smallest absolute Gasteiger partial charge is 0.236 e. The van der Waals surface area contributed by atoms with E-state index in [0.717, 1.165) is 6.26 Å². The number of nitrogens with two attached hydrogens (primary N) is 1. The van der Waals surface area contributed by atoms with E-state index in [1.54, 1.807) is 0 Å². The predicted octanol–water partition coefficient (Wildman–Crippen LogP) is -0.479. The van der Waals surface area contributed by atoms with E-state index in [1.807, 2.05) is 13.8 Å². The summed E-state index contributed by atoms with van der Waals surface area (Å²) < 4.78 is 21.6. The molecule has 0 radical (unpaired) electrons. The zero-order valence-corrected chi connectivity index (χ0v) is 10.3. The summed E-state index contributed by atoms with van der Waals surface area (Å²) in [5.74, 6) is 0.0145. The third kappa shape index (κ3) is 8.38. The second-order valence-electron chi connectivity index (χ2n) is 4.16. The van der Waals surface area contributed by atoms with E-state index in [4.69, 9.17) is 5.73 Å². The number of carbonyl (C=O) groups is 1. The van der Waals surface area contributed by atoms with Gasteiger partial charge in [-0.15, -0.1) is 0 Å². The van der Waals surface area contributed by atoms with Crippen molar-refractivity contribution in [3.8, 4) is 0 Å². The molecule has 0 heterocycles. The Hall–Kier alpha value is -0.620. The molecule has 1 atom stereocenters. The van der Waals surface area contributed by atoms with Gasteiger partial charge in [0.2, 0.25) is 5.91 Å². The molecule has 15 heavy (non-hydrogen) atoms. The van der Waals surface area contributed by atoms with Crippen LogP contribution in [0.2, 0.25) is 0 Å². The molecular formula is C9H20N2O3S. The number of sulfone groups is 1. The molecule has 0 aliphatic rings. The maximum absolute atomic E-state index is 11.3. The van der Waals surface area contributed by atoms with Gasteiger partial charge in [0.15, 0.2) is 0 Å². The van der Waals surface area contributed by atoms with Crippen LogP contribution in [0, 0.1) is 5.92 Å². The Morgan fingerprint density at radius 1 is 1.40 bits per heavy atom. The van der Waals surface area contributed by atoms with Crippen LogP contribution in [0.4, 0.5) is 0 Å². The zero-order chi connectivity index (χ0) is 12.1. The first-order valence-corrected chi connectivity index (χ1v) is 6.99. The Bertz CT molecular complexity index is 298. The lowest BCUT2D eigenvalue weighted by Gasteiger charge is -2.13. The minimum Gasteiger partial charge on any atom is -0.354 e. The summed E-state index contributed by atoms with van der Waals surface area (Å²) in [4.78, 5) is 11.3. The van der Waals surface area contributed by atoms with E-state index in [9.17, 15) is 13.2 Å². The van der Waals surface area contributed by atoms with E-state index >= 15 is 0 Å². The summed E-state index contributed by atoms with van der Waals surface area (Å²) in [7, 11) is -3.02. The molecule has 6 heteroatoms. The Kier molecular flexibility index (Phi) is 5.82. The normalized spacial score (nSPS) is 13.9. The van der Waals surface area contributed by atoms with Crippen LogP contribution in [0.5, 0.6) is 0 Å². The van der Waals surface area contributed by atoms with Crippen molar-refractivity contribution in [3.63, 3.8) is 0 Å². The highest BCUT2D eigenvalue weighted by molar-refractivity contribution is 7.90. The third-order valence-corrected chi connectivity index (χ3v) is 2.78. The van der Waals surface area contributed by atoms with Crippen LogP contribution in [0.15, 0.2) is 0 Å². The number of rotatable bonds is 6. The molecule has 0 fully saturated rings. The summed E-state index contributed by atoms with van der Waals surface area (Å²) in [5, 5.41) is 2.50. The van der Waals surface area contributed by atoms with Crippen LogP contribution in [0.1, 0.15) is 20.3 Å². The molecule has 0 rings (SSSR count). The minimum atomic E-state index is -3.02. The predicted molar refractivity (Wildman–Crippen MR) is 60.2 cm³/mol. The first-order valence-electron chi connectivity index (χ1n) is 4.93. The van der Waals surface area contributed by atoms with E-state index in [2.05, 4.69) is 5.32 Å². The van der Waals surface area contributed by atoms with Crippen LogP contribution in [-0.4, -0.2) is 38.9 Å². The highest BCUT2D eigenvalue weighted by Crippen LogP contribution is 2.02. The minimum absolute atomic E-state index is 0.0485. The lowest BCUT2D eigenvalue weighted by atomic mass is 10.0. The van der Waals surface area contributed by atoms with Gasteiger partial charge in [0.25, 0.3) is 0 Å². The molecule has 0 aromatic rings. The second kappa shape index (κ2) is 6.07. The van der Waals surface area contributed by atoms with Crippen molar-refractivity contribution in [2.24, 2.45) is 11.7 Å². The number of amides is 1. The maximum Gasteiger partial charge on any atom is 0.236 e. The second-order valence-corrected chi connectivity index (χ2v) is 6.42. The SMILES string of the molecule is CC(C)C[C@@H](N)C(=O)NCCS(C)(=O)=O. The summed E-state index contributed by atoms with van der Waals surface area (Å²) in [6.45, 7) is 4.08. The first-order chi connectivity index (χ1) is 6.72. The standard InChI is InChI=1S/C9H20N2O3S/c1-7(2)6-8(10)9(12)11-4-5-15(3,13)14/h7-8H,4-6,10H2,1-3H3,(H,11,12)/t8-/m1/s1.